The van der Waals surface area contributed by atoms with E-state index in [2.05, 4.69) is 57.4 Å². The Bertz CT molecular complexity index is 1740. The van der Waals surface area contributed by atoms with Crippen molar-refractivity contribution in [2.24, 2.45) is 0 Å². The second-order valence-corrected chi connectivity index (χ2v) is 10.4. The fourth-order valence-corrected chi connectivity index (χ4v) is 5.97. The highest BCUT2D eigenvalue weighted by molar-refractivity contribution is 5.89. The SMILES string of the molecule is COc1cc2c(cc1OC)C(Cc1ccccc1)N(CCn1ncc3c1nc(N)n1nc(C4CC=CO4)nc31)CC2. The summed E-state index contributed by atoms with van der Waals surface area (Å²) in [5.74, 6) is 2.38. The Morgan fingerprint density at radius 2 is 1.85 bits per heavy atom. The monoisotopic (exact) mass is 552 g/mol. The number of nitrogens with two attached hydrogens (primary N) is 1. The number of hydrogen-bond donors (Lipinski definition) is 1. The summed E-state index contributed by atoms with van der Waals surface area (Å²) in [6.07, 6.45) is 7.77. The van der Waals surface area contributed by atoms with Gasteiger partial charge in [-0.05, 0) is 47.7 Å². The molecule has 0 amide bonds. The fraction of sp³-hybridized carbons (Fsp3) is 0.333. The molecule has 0 saturated heterocycles. The van der Waals surface area contributed by atoms with E-state index in [1.807, 2.05) is 10.8 Å². The number of anilines is 1. The fourth-order valence-electron chi connectivity index (χ4n) is 5.97. The van der Waals surface area contributed by atoms with E-state index in [0.29, 0.717) is 23.7 Å². The minimum atomic E-state index is -0.207. The van der Waals surface area contributed by atoms with Crippen molar-refractivity contribution in [3.63, 3.8) is 0 Å². The van der Waals surface area contributed by atoms with Crippen LogP contribution in [0.2, 0.25) is 0 Å². The molecule has 0 bridgehead atoms. The smallest absolute Gasteiger partial charge is 0.225 e. The normalized spacial score (nSPS) is 18.6. The van der Waals surface area contributed by atoms with Crippen molar-refractivity contribution in [2.75, 3.05) is 33.0 Å². The van der Waals surface area contributed by atoms with Gasteiger partial charge in [0.25, 0.3) is 0 Å². The third-order valence-corrected chi connectivity index (χ3v) is 8.08. The zero-order valence-electron chi connectivity index (χ0n) is 23.1. The van der Waals surface area contributed by atoms with E-state index in [-0.39, 0.29) is 18.1 Å². The minimum Gasteiger partial charge on any atom is -0.493 e. The molecule has 0 aliphatic carbocycles. The van der Waals surface area contributed by atoms with Crippen LogP contribution in [0.25, 0.3) is 16.7 Å². The lowest BCUT2D eigenvalue weighted by Gasteiger charge is -2.38. The minimum absolute atomic E-state index is 0.173. The van der Waals surface area contributed by atoms with Crippen molar-refractivity contribution < 1.29 is 14.2 Å². The molecule has 0 spiro atoms. The summed E-state index contributed by atoms with van der Waals surface area (Å²) < 4.78 is 20.4. The molecule has 2 aromatic carbocycles. The molecule has 2 aliphatic heterocycles. The molecule has 11 heteroatoms. The summed E-state index contributed by atoms with van der Waals surface area (Å²) in [7, 11) is 3.37. The Kier molecular flexibility index (Phi) is 6.43. The Morgan fingerprint density at radius 1 is 1.02 bits per heavy atom. The molecule has 0 saturated carbocycles. The average molecular weight is 553 g/mol. The first-order valence-electron chi connectivity index (χ1n) is 13.8. The second kappa shape index (κ2) is 10.4. The van der Waals surface area contributed by atoms with Gasteiger partial charge in [-0.15, -0.1) is 5.10 Å². The van der Waals surface area contributed by atoms with E-state index in [4.69, 9.17) is 30.0 Å². The molecular weight excluding hydrogens is 520 g/mol. The summed E-state index contributed by atoms with van der Waals surface area (Å²) in [5.41, 5.74) is 11.5. The molecule has 2 unspecified atom stereocenters. The van der Waals surface area contributed by atoms with Gasteiger partial charge in [-0.25, -0.2) is 9.67 Å². The van der Waals surface area contributed by atoms with E-state index >= 15 is 0 Å². The lowest BCUT2D eigenvalue weighted by molar-refractivity contribution is 0.164. The molecular formula is C30H32N8O3. The zero-order chi connectivity index (χ0) is 27.9. The predicted molar refractivity (Wildman–Crippen MR) is 154 cm³/mol. The molecule has 0 radical (unpaired) electrons. The summed E-state index contributed by atoms with van der Waals surface area (Å²) >= 11 is 0. The Balaban J connectivity index is 1.19. The molecule has 3 aromatic heterocycles. The second-order valence-electron chi connectivity index (χ2n) is 10.4. The van der Waals surface area contributed by atoms with E-state index in [0.717, 1.165) is 49.2 Å². The highest BCUT2D eigenvalue weighted by Gasteiger charge is 2.30. The Hall–Kier alpha value is -4.64. The molecule has 41 heavy (non-hydrogen) atoms. The third-order valence-electron chi connectivity index (χ3n) is 8.08. The van der Waals surface area contributed by atoms with Gasteiger partial charge in [0.2, 0.25) is 5.95 Å². The van der Waals surface area contributed by atoms with Crippen molar-refractivity contribution in [3.05, 3.63) is 83.5 Å². The van der Waals surface area contributed by atoms with E-state index < -0.39 is 0 Å². The van der Waals surface area contributed by atoms with Gasteiger partial charge in [-0.2, -0.15) is 14.6 Å². The van der Waals surface area contributed by atoms with Gasteiger partial charge in [0.1, 0.15) is 0 Å². The van der Waals surface area contributed by atoms with Crippen LogP contribution in [0, 0.1) is 0 Å². The van der Waals surface area contributed by atoms with Gasteiger partial charge in [-0.3, -0.25) is 4.90 Å². The third kappa shape index (κ3) is 4.51. The molecule has 5 heterocycles. The van der Waals surface area contributed by atoms with Crippen LogP contribution in [-0.4, -0.2) is 61.6 Å². The highest BCUT2D eigenvalue weighted by Crippen LogP contribution is 2.39. The lowest BCUT2D eigenvalue weighted by atomic mass is 9.88. The molecule has 2 aliphatic rings. The lowest BCUT2D eigenvalue weighted by Crippen LogP contribution is -2.38. The topological polar surface area (TPSA) is 118 Å². The maximum absolute atomic E-state index is 6.33. The van der Waals surface area contributed by atoms with Crippen molar-refractivity contribution in [3.8, 4) is 11.5 Å². The van der Waals surface area contributed by atoms with Crippen LogP contribution in [0.4, 0.5) is 5.95 Å². The number of nitrogens with zero attached hydrogens (tertiary/aromatic N) is 7. The first kappa shape index (κ1) is 25.3. The molecule has 210 valence electrons. The largest absolute Gasteiger partial charge is 0.493 e. The van der Waals surface area contributed by atoms with E-state index in [1.54, 1.807) is 31.2 Å². The van der Waals surface area contributed by atoms with Gasteiger partial charge < -0.3 is 19.9 Å². The van der Waals surface area contributed by atoms with Crippen LogP contribution in [0.15, 0.2) is 61.0 Å². The van der Waals surface area contributed by atoms with Crippen LogP contribution in [-0.2, 0) is 24.1 Å². The number of ether oxygens (including phenoxy) is 3. The van der Waals surface area contributed by atoms with Crippen LogP contribution < -0.4 is 15.2 Å². The highest BCUT2D eigenvalue weighted by atomic mass is 16.5. The molecule has 7 rings (SSSR count). The van der Waals surface area contributed by atoms with E-state index in [1.165, 1.54) is 16.7 Å². The maximum Gasteiger partial charge on any atom is 0.225 e. The summed E-state index contributed by atoms with van der Waals surface area (Å²) in [6.45, 7) is 2.35. The van der Waals surface area contributed by atoms with Gasteiger partial charge in [-0.1, -0.05) is 30.3 Å². The first-order chi connectivity index (χ1) is 20.1. The zero-order valence-corrected chi connectivity index (χ0v) is 23.1. The van der Waals surface area contributed by atoms with E-state index in [9.17, 15) is 0 Å². The van der Waals surface area contributed by atoms with Gasteiger partial charge in [0.05, 0.1) is 38.6 Å². The number of aromatic nitrogens is 6. The molecule has 5 aromatic rings. The number of nitrogen functional groups attached to an aromatic ring is 1. The maximum atomic E-state index is 6.33. The number of benzene rings is 2. The number of hydrogen-bond acceptors (Lipinski definition) is 9. The average Bonchev–Trinajstić information content (AvgIpc) is 3.77. The van der Waals surface area contributed by atoms with Crippen molar-refractivity contribution in [1.82, 2.24) is 34.3 Å². The number of fused-ring (bicyclic) bond motifs is 4. The predicted octanol–water partition coefficient (Wildman–Crippen LogP) is 3.89. The van der Waals surface area contributed by atoms with Crippen LogP contribution in [0.3, 0.4) is 0 Å². The Labute approximate surface area is 237 Å². The molecule has 2 N–H and O–H groups in total. The van der Waals surface area contributed by atoms with Gasteiger partial charge in [0.15, 0.2) is 34.7 Å². The molecule has 11 nitrogen and oxygen atoms in total. The summed E-state index contributed by atoms with van der Waals surface area (Å²) in [4.78, 5) is 11.9. The summed E-state index contributed by atoms with van der Waals surface area (Å²) in [6, 6.07) is 15.1. The molecule has 0 fully saturated rings. The van der Waals surface area contributed by atoms with Crippen LogP contribution in [0.1, 0.15) is 41.1 Å². The first-order valence-corrected chi connectivity index (χ1v) is 13.8. The quantitative estimate of drug-likeness (QED) is 0.306. The van der Waals surface area contributed by atoms with Crippen molar-refractivity contribution >= 4 is 22.6 Å². The Morgan fingerprint density at radius 3 is 2.63 bits per heavy atom. The van der Waals surface area contributed by atoms with Gasteiger partial charge in [0, 0.05) is 25.6 Å². The standard InChI is InChI=1S/C30H32N8O3/c1-39-25-16-20-10-11-36(23(21(20)17-26(25)40-2)15-19-7-4-3-5-8-19)12-13-37-28-22(18-32-37)29-33-27(24-9-6-14-41-24)35-38(29)30(31)34-28/h3-8,14,16-18,23-24H,9-13,15H2,1-2H3,(H2,31,34). The van der Waals surface area contributed by atoms with Gasteiger partial charge >= 0.3 is 0 Å². The van der Waals surface area contributed by atoms with Crippen molar-refractivity contribution in [1.29, 1.82) is 0 Å². The van der Waals surface area contributed by atoms with Crippen LogP contribution in [0.5, 0.6) is 11.5 Å². The number of methoxy groups -OCH3 is 2. The van der Waals surface area contributed by atoms with Crippen LogP contribution >= 0.6 is 0 Å². The van der Waals surface area contributed by atoms with Crippen molar-refractivity contribution in [2.45, 2.75) is 38.0 Å². The summed E-state index contributed by atoms with van der Waals surface area (Å²) in [5, 5.41) is 10.1. The molecule has 2 atom stereocenters. The number of rotatable bonds is 8.